The minimum Gasteiger partial charge on any atom is -0.493 e. The van der Waals surface area contributed by atoms with Gasteiger partial charge < -0.3 is 20.9 Å². The van der Waals surface area contributed by atoms with E-state index in [-0.39, 0.29) is 22.9 Å². The van der Waals surface area contributed by atoms with Crippen LogP contribution < -0.4 is 20.9 Å². The largest absolute Gasteiger partial charge is 0.493 e. The lowest BCUT2D eigenvalue weighted by molar-refractivity contribution is -0.0506. The molecule has 14 heavy (non-hydrogen) atoms. The zero-order chi connectivity index (χ0) is 10.7. The van der Waals surface area contributed by atoms with Gasteiger partial charge in [0.25, 0.3) is 0 Å². The van der Waals surface area contributed by atoms with Crippen molar-refractivity contribution in [2.75, 3.05) is 18.6 Å². The van der Waals surface area contributed by atoms with Gasteiger partial charge in [-0.25, -0.2) is 0 Å². The van der Waals surface area contributed by atoms with Crippen LogP contribution in [0.3, 0.4) is 0 Å². The van der Waals surface area contributed by atoms with E-state index in [0.717, 1.165) is 0 Å². The molecule has 0 atom stereocenters. The summed E-state index contributed by atoms with van der Waals surface area (Å²) in [5, 5.41) is 0. The van der Waals surface area contributed by atoms with Crippen LogP contribution in [0.1, 0.15) is 0 Å². The molecule has 0 fully saturated rings. The Bertz CT molecular complexity index is 331. The van der Waals surface area contributed by atoms with Crippen LogP contribution in [-0.4, -0.2) is 13.7 Å². The number of hydrogen-bond acceptors (Lipinski definition) is 4. The summed E-state index contributed by atoms with van der Waals surface area (Å²) in [6, 6.07) is 2.86. The van der Waals surface area contributed by atoms with Crippen molar-refractivity contribution in [3.8, 4) is 11.5 Å². The fourth-order valence-electron chi connectivity index (χ4n) is 0.966. The third-order valence-corrected chi connectivity index (χ3v) is 1.62. The standard InChI is InChI=1S/C8H10F2N2O2/c1-13-5-3-2-4(11)6(12)7(5)14-8(9)10/h2-3,8H,11-12H2,1H3. The van der Waals surface area contributed by atoms with Crippen molar-refractivity contribution in [3.63, 3.8) is 0 Å². The maximum absolute atomic E-state index is 12.0. The van der Waals surface area contributed by atoms with E-state index in [1.54, 1.807) is 0 Å². The average molecular weight is 204 g/mol. The Hall–Kier alpha value is -1.72. The van der Waals surface area contributed by atoms with Gasteiger partial charge in [-0.05, 0) is 12.1 Å². The summed E-state index contributed by atoms with van der Waals surface area (Å²) in [6.45, 7) is -2.96. The first-order valence-electron chi connectivity index (χ1n) is 3.73. The van der Waals surface area contributed by atoms with Crippen molar-refractivity contribution in [2.24, 2.45) is 0 Å². The molecule has 6 heteroatoms. The first-order valence-corrected chi connectivity index (χ1v) is 3.73. The third kappa shape index (κ3) is 1.95. The van der Waals surface area contributed by atoms with Gasteiger partial charge in [-0.15, -0.1) is 0 Å². The number of alkyl halides is 2. The summed E-state index contributed by atoms with van der Waals surface area (Å²) in [7, 11) is 1.32. The highest BCUT2D eigenvalue weighted by molar-refractivity contribution is 5.74. The number of nitrogen functional groups attached to an aromatic ring is 2. The number of rotatable bonds is 3. The van der Waals surface area contributed by atoms with E-state index in [2.05, 4.69) is 4.74 Å². The van der Waals surface area contributed by atoms with E-state index in [0.29, 0.717) is 0 Å². The fourth-order valence-corrected chi connectivity index (χ4v) is 0.966. The first kappa shape index (κ1) is 10.4. The molecule has 0 aliphatic carbocycles. The van der Waals surface area contributed by atoms with Gasteiger partial charge in [0.1, 0.15) is 5.69 Å². The zero-order valence-corrected chi connectivity index (χ0v) is 7.46. The Balaban J connectivity index is 3.14. The van der Waals surface area contributed by atoms with Crippen LogP contribution in [0, 0.1) is 0 Å². The molecule has 0 aliphatic heterocycles. The molecule has 0 aromatic heterocycles. The lowest BCUT2D eigenvalue weighted by atomic mass is 10.2. The minimum atomic E-state index is -2.96. The number of benzene rings is 1. The predicted molar refractivity (Wildman–Crippen MR) is 48.5 cm³/mol. The van der Waals surface area contributed by atoms with Crippen molar-refractivity contribution in [3.05, 3.63) is 12.1 Å². The predicted octanol–water partition coefficient (Wildman–Crippen LogP) is 1.46. The van der Waals surface area contributed by atoms with Crippen LogP contribution in [0.25, 0.3) is 0 Å². The molecule has 0 bridgehead atoms. The second-order valence-electron chi connectivity index (χ2n) is 2.48. The summed E-state index contributed by atoms with van der Waals surface area (Å²) in [4.78, 5) is 0. The smallest absolute Gasteiger partial charge is 0.387 e. The van der Waals surface area contributed by atoms with E-state index in [9.17, 15) is 8.78 Å². The Labute approximate surface area is 79.4 Å². The van der Waals surface area contributed by atoms with Crippen LogP contribution >= 0.6 is 0 Å². The molecule has 0 spiro atoms. The van der Waals surface area contributed by atoms with Gasteiger partial charge in [0, 0.05) is 0 Å². The van der Waals surface area contributed by atoms with E-state index in [4.69, 9.17) is 16.2 Å². The summed E-state index contributed by atoms with van der Waals surface area (Å²) in [5.41, 5.74) is 11.0. The van der Waals surface area contributed by atoms with Crippen molar-refractivity contribution < 1.29 is 18.3 Å². The summed E-state index contributed by atoms with van der Waals surface area (Å²) in [5.74, 6) is -0.112. The second kappa shape index (κ2) is 3.99. The zero-order valence-electron chi connectivity index (χ0n) is 7.46. The molecule has 1 rings (SSSR count). The normalized spacial score (nSPS) is 10.3. The van der Waals surface area contributed by atoms with E-state index in [1.165, 1.54) is 19.2 Å². The lowest BCUT2D eigenvalue weighted by Gasteiger charge is -2.13. The van der Waals surface area contributed by atoms with Crippen molar-refractivity contribution >= 4 is 11.4 Å². The van der Waals surface area contributed by atoms with Crippen LogP contribution in [0.15, 0.2) is 12.1 Å². The highest BCUT2D eigenvalue weighted by atomic mass is 19.3. The molecule has 0 saturated carbocycles. The van der Waals surface area contributed by atoms with E-state index < -0.39 is 6.61 Å². The quantitative estimate of drug-likeness (QED) is 0.731. The van der Waals surface area contributed by atoms with Crippen molar-refractivity contribution in [1.82, 2.24) is 0 Å². The molecular weight excluding hydrogens is 194 g/mol. The molecule has 0 amide bonds. The number of hydrogen-bond donors (Lipinski definition) is 2. The number of nitrogens with two attached hydrogens (primary N) is 2. The molecule has 1 aromatic carbocycles. The second-order valence-corrected chi connectivity index (χ2v) is 2.48. The van der Waals surface area contributed by atoms with Gasteiger partial charge in [-0.2, -0.15) is 8.78 Å². The Kier molecular flexibility index (Phi) is 2.95. The van der Waals surface area contributed by atoms with E-state index >= 15 is 0 Å². The molecule has 0 radical (unpaired) electrons. The summed E-state index contributed by atoms with van der Waals surface area (Å²) >= 11 is 0. The number of halogens is 2. The molecule has 0 unspecified atom stereocenters. The van der Waals surface area contributed by atoms with Crippen LogP contribution in [0.4, 0.5) is 20.2 Å². The number of methoxy groups -OCH3 is 1. The molecule has 0 heterocycles. The van der Waals surface area contributed by atoms with Crippen LogP contribution in [-0.2, 0) is 0 Å². The number of ether oxygens (including phenoxy) is 2. The third-order valence-electron chi connectivity index (χ3n) is 1.62. The summed E-state index contributed by atoms with van der Waals surface area (Å²) in [6.07, 6.45) is 0. The van der Waals surface area contributed by atoms with Gasteiger partial charge in [0.2, 0.25) is 0 Å². The fraction of sp³-hybridized carbons (Fsp3) is 0.250. The molecular formula is C8H10F2N2O2. The molecule has 4 N–H and O–H groups in total. The average Bonchev–Trinajstić information content (AvgIpc) is 2.13. The highest BCUT2D eigenvalue weighted by Gasteiger charge is 2.15. The van der Waals surface area contributed by atoms with Gasteiger partial charge >= 0.3 is 6.61 Å². The van der Waals surface area contributed by atoms with Crippen LogP contribution in [0.5, 0.6) is 11.5 Å². The molecule has 78 valence electrons. The Morgan fingerprint density at radius 2 is 1.93 bits per heavy atom. The van der Waals surface area contributed by atoms with E-state index in [1.807, 2.05) is 0 Å². The van der Waals surface area contributed by atoms with Gasteiger partial charge in [-0.1, -0.05) is 0 Å². The molecule has 0 saturated heterocycles. The minimum absolute atomic E-state index is 0.0512. The molecule has 1 aromatic rings. The van der Waals surface area contributed by atoms with Crippen LogP contribution in [0.2, 0.25) is 0 Å². The topological polar surface area (TPSA) is 70.5 Å². The van der Waals surface area contributed by atoms with Gasteiger partial charge in [0.05, 0.1) is 12.8 Å². The van der Waals surface area contributed by atoms with Gasteiger partial charge in [-0.3, -0.25) is 0 Å². The van der Waals surface area contributed by atoms with Crippen molar-refractivity contribution in [1.29, 1.82) is 0 Å². The maximum Gasteiger partial charge on any atom is 0.387 e. The first-order chi connectivity index (χ1) is 6.56. The molecule has 0 aliphatic rings. The van der Waals surface area contributed by atoms with Crippen molar-refractivity contribution in [2.45, 2.75) is 6.61 Å². The monoisotopic (exact) mass is 204 g/mol. The lowest BCUT2D eigenvalue weighted by Crippen LogP contribution is -2.07. The Morgan fingerprint density at radius 1 is 1.29 bits per heavy atom. The highest BCUT2D eigenvalue weighted by Crippen LogP contribution is 2.38. The Morgan fingerprint density at radius 3 is 2.43 bits per heavy atom. The van der Waals surface area contributed by atoms with Gasteiger partial charge in [0.15, 0.2) is 11.5 Å². The SMILES string of the molecule is COc1ccc(N)c(N)c1OC(F)F. The molecule has 4 nitrogen and oxygen atoms in total. The summed E-state index contributed by atoms with van der Waals surface area (Å²) < 4.78 is 32.9. The maximum atomic E-state index is 12.0. The number of anilines is 2.